The molecule has 2 atom stereocenters. The molecule has 0 aromatic heterocycles. The summed E-state index contributed by atoms with van der Waals surface area (Å²) in [4.78, 5) is 0. The molecule has 0 aromatic rings. The van der Waals surface area contributed by atoms with E-state index in [1.54, 1.807) is 0 Å². The second-order valence-electron chi connectivity index (χ2n) is 4.70. The van der Waals surface area contributed by atoms with Crippen LogP contribution < -0.4 is 5.32 Å². The van der Waals surface area contributed by atoms with E-state index in [2.05, 4.69) is 24.4 Å². The van der Waals surface area contributed by atoms with Crippen molar-refractivity contribution in [1.82, 2.24) is 5.32 Å². The molecule has 0 heterocycles. The topological polar surface area (TPSA) is 30.5 Å². The molecule has 100 valence electrons. The molecule has 0 aromatic carbocycles. The van der Waals surface area contributed by atoms with Crippen LogP contribution in [0.15, 0.2) is 12.2 Å². The molecule has 0 saturated heterocycles. The Morgan fingerprint density at radius 2 is 1.82 bits per heavy atom. The molecular weight excluding hydrogens is 214 g/mol. The zero-order valence-corrected chi connectivity index (χ0v) is 11.3. The van der Waals surface area contributed by atoms with Crippen molar-refractivity contribution in [3.8, 4) is 0 Å². The summed E-state index contributed by atoms with van der Waals surface area (Å²) in [6, 6.07) is 0. The van der Waals surface area contributed by atoms with Crippen molar-refractivity contribution in [2.75, 3.05) is 39.5 Å². The average Bonchev–Trinajstić information content (AvgIpc) is 2.35. The van der Waals surface area contributed by atoms with E-state index >= 15 is 0 Å². The number of ether oxygens (including phenoxy) is 2. The Morgan fingerprint density at radius 1 is 1.12 bits per heavy atom. The van der Waals surface area contributed by atoms with Gasteiger partial charge < -0.3 is 14.8 Å². The quantitative estimate of drug-likeness (QED) is 0.496. The molecule has 0 spiro atoms. The zero-order chi connectivity index (χ0) is 12.3. The molecule has 0 amide bonds. The minimum Gasteiger partial charge on any atom is -0.380 e. The lowest BCUT2D eigenvalue weighted by Gasteiger charge is -2.24. The lowest BCUT2D eigenvalue weighted by atomic mass is 9.85. The molecule has 1 aliphatic rings. The maximum Gasteiger partial charge on any atom is 0.0591 e. The second-order valence-corrected chi connectivity index (χ2v) is 4.70. The molecule has 0 fully saturated rings. The van der Waals surface area contributed by atoms with Crippen molar-refractivity contribution in [2.24, 2.45) is 11.8 Å². The van der Waals surface area contributed by atoms with Gasteiger partial charge in [0.1, 0.15) is 0 Å². The zero-order valence-electron chi connectivity index (χ0n) is 11.3. The van der Waals surface area contributed by atoms with Crippen molar-refractivity contribution in [2.45, 2.75) is 26.7 Å². The van der Waals surface area contributed by atoms with E-state index in [-0.39, 0.29) is 0 Å². The number of allylic oxidation sites excluding steroid dienone is 2. The number of rotatable bonds is 9. The molecule has 3 heteroatoms. The van der Waals surface area contributed by atoms with Crippen LogP contribution in [-0.4, -0.2) is 39.5 Å². The third-order valence-electron chi connectivity index (χ3n) is 3.30. The Kier molecular flexibility index (Phi) is 8.32. The van der Waals surface area contributed by atoms with Gasteiger partial charge in [0.05, 0.1) is 19.8 Å². The van der Waals surface area contributed by atoms with Crippen LogP contribution in [0.3, 0.4) is 0 Å². The predicted octanol–water partition coefficient (Wildman–Crippen LogP) is 2.23. The van der Waals surface area contributed by atoms with Gasteiger partial charge in [0.2, 0.25) is 0 Å². The predicted molar refractivity (Wildman–Crippen MR) is 71.2 cm³/mol. The molecule has 1 aliphatic carbocycles. The number of hydrogen-bond acceptors (Lipinski definition) is 3. The summed E-state index contributed by atoms with van der Waals surface area (Å²) >= 11 is 0. The molecule has 3 nitrogen and oxygen atoms in total. The first-order valence-corrected chi connectivity index (χ1v) is 6.85. The van der Waals surface area contributed by atoms with Gasteiger partial charge >= 0.3 is 0 Å². The van der Waals surface area contributed by atoms with Gasteiger partial charge in [-0.05, 0) is 31.6 Å². The van der Waals surface area contributed by atoms with E-state index < -0.39 is 0 Å². The molecule has 0 saturated carbocycles. The average molecular weight is 241 g/mol. The lowest BCUT2D eigenvalue weighted by molar-refractivity contribution is 0.0790. The highest BCUT2D eigenvalue weighted by molar-refractivity contribution is 4.93. The Morgan fingerprint density at radius 3 is 2.53 bits per heavy atom. The van der Waals surface area contributed by atoms with E-state index in [1.165, 1.54) is 12.8 Å². The third kappa shape index (κ3) is 6.81. The smallest absolute Gasteiger partial charge is 0.0591 e. The van der Waals surface area contributed by atoms with Gasteiger partial charge in [0.15, 0.2) is 0 Å². The van der Waals surface area contributed by atoms with Gasteiger partial charge in [-0.2, -0.15) is 0 Å². The maximum absolute atomic E-state index is 5.71. The van der Waals surface area contributed by atoms with Crippen LogP contribution in [0.25, 0.3) is 0 Å². The van der Waals surface area contributed by atoms with Crippen molar-refractivity contribution >= 4 is 0 Å². The van der Waals surface area contributed by atoms with Gasteiger partial charge in [-0.3, -0.25) is 0 Å². The normalized spacial score (nSPS) is 24.1. The van der Waals surface area contributed by atoms with Gasteiger partial charge in [-0.15, -0.1) is 0 Å². The van der Waals surface area contributed by atoms with Crippen LogP contribution in [0.4, 0.5) is 0 Å². The Hall–Kier alpha value is -0.380. The largest absolute Gasteiger partial charge is 0.380 e. The van der Waals surface area contributed by atoms with Gasteiger partial charge in [0.25, 0.3) is 0 Å². The summed E-state index contributed by atoms with van der Waals surface area (Å²) in [5, 5.41) is 3.31. The van der Waals surface area contributed by atoms with Gasteiger partial charge in [-0.1, -0.05) is 19.1 Å². The summed E-state index contributed by atoms with van der Waals surface area (Å²) in [5.74, 6) is 1.48. The highest BCUT2D eigenvalue weighted by Gasteiger charge is 2.17. The summed E-state index contributed by atoms with van der Waals surface area (Å²) in [7, 11) is 0. The first-order valence-electron chi connectivity index (χ1n) is 6.85. The standard InChI is InChI=1S/C14H27NO2/c1-3-16-10-8-15-9-11-17-12-14-7-5-4-6-13(14)2/h4-5,13-15H,3,6-12H2,1-2H3. The third-order valence-corrected chi connectivity index (χ3v) is 3.30. The fourth-order valence-electron chi connectivity index (χ4n) is 2.03. The highest BCUT2D eigenvalue weighted by atomic mass is 16.5. The molecular formula is C14H27NO2. The lowest BCUT2D eigenvalue weighted by Crippen LogP contribution is -2.26. The van der Waals surface area contributed by atoms with E-state index in [9.17, 15) is 0 Å². The fraction of sp³-hybridized carbons (Fsp3) is 0.857. The molecule has 0 radical (unpaired) electrons. The van der Waals surface area contributed by atoms with Crippen LogP contribution >= 0.6 is 0 Å². The summed E-state index contributed by atoms with van der Waals surface area (Å²) in [6.45, 7) is 9.47. The van der Waals surface area contributed by atoms with Gasteiger partial charge in [0, 0.05) is 19.7 Å². The SMILES string of the molecule is CCOCCNCCOCC1CC=CCC1C. The molecule has 1 N–H and O–H groups in total. The molecule has 0 bridgehead atoms. The van der Waals surface area contributed by atoms with Gasteiger partial charge in [-0.25, -0.2) is 0 Å². The molecule has 2 unspecified atom stereocenters. The van der Waals surface area contributed by atoms with Crippen LogP contribution in [-0.2, 0) is 9.47 Å². The Bertz CT molecular complexity index is 206. The Labute approximate surface area is 106 Å². The highest BCUT2D eigenvalue weighted by Crippen LogP contribution is 2.24. The number of nitrogens with one attached hydrogen (secondary N) is 1. The fourth-order valence-corrected chi connectivity index (χ4v) is 2.03. The van der Waals surface area contributed by atoms with Crippen molar-refractivity contribution in [1.29, 1.82) is 0 Å². The van der Waals surface area contributed by atoms with E-state index in [0.717, 1.165) is 45.4 Å². The van der Waals surface area contributed by atoms with Crippen LogP contribution in [0.2, 0.25) is 0 Å². The first kappa shape index (κ1) is 14.7. The van der Waals surface area contributed by atoms with Crippen LogP contribution in [0.5, 0.6) is 0 Å². The van der Waals surface area contributed by atoms with Crippen molar-refractivity contribution < 1.29 is 9.47 Å². The summed E-state index contributed by atoms with van der Waals surface area (Å²) in [6.07, 6.45) is 6.96. The summed E-state index contributed by atoms with van der Waals surface area (Å²) < 4.78 is 11.0. The molecule has 0 aliphatic heterocycles. The second kappa shape index (κ2) is 9.63. The van der Waals surface area contributed by atoms with Crippen LogP contribution in [0.1, 0.15) is 26.7 Å². The minimum absolute atomic E-state index is 0.712. The van der Waals surface area contributed by atoms with Crippen molar-refractivity contribution in [3.05, 3.63) is 12.2 Å². The number of hydrogen-bond donors (Lipinski definition) is 1. The van der Waals surface area contributed by atoms with Crippen LogP contribution in [0, 0.1) is 11.8 Å². The van der Waals surface area contributed by atoms with E-state index in [1.807, 2.05) is 6.92 Å². The Balaban J connectivity index is 1.88. The molecule has 17 heavy (non-hydrogen) atoms. The first-order chi connectivity index (χ1) is 8.34. The monoisotopic (exact) mass is 241 g/mol. The maximum atomic E-state index is 5.71. The van der Waals surface area contributed by atoms with E-state index in [0.29, 0.717) is 5.92 Å². The minimum atomic E-state index is 0.712. The van der Waals surface area contributed by atoms with E-state index in [4.69, 9.17) is 9.47 Å². The van der Waals surface area contributed by atoms with Crippen molar-refractivity contribution in [3.63, 3.8) is 0 Å². The summed E-state index contributed by atoms with van der Waals surface area (Å²) in [5.41, 5.74) is 0. The molecule has 1 rings (SSSR count).